The average molecular weight is 277 g/mol. The van der Waals surface area contributed by atoms with Gasteiger partial charge in [-0.25, -0.2) is 4.79 Å². The van der Waals surface area contributed by atoms with Gasteiger partial charge in [0.1, 0.15) is 11.7 Å². The molecule has 1 aromatic rings. The number of hydrogen-bond acceptors (Lipinski definition) is 5. The lowest BCUT2D eigenvalue weighted by Crippen LogP contribution is -2.24. The molecule has 20 heavy (non-hydrogen) atoms. The van der Waals surface area contributed by atoms with E-state index in [9.17, 15) is 15.0 Å². The minimum Gasteiger partial charge on any atom is -0.456 e. The zero-order valence-corrected chi connectivity index (χ0v) is 11.8. The number of aliphatic hydroxyl groups is 2. The highest BCUT2D eigenvalue weighted by Gasteiger charge is 2.21. The molecule has 2 unspecified atom stereocenters. The van der Waals surface area contributed by atoms with Crippen molar-refractivity contribution < 1.29 is 19.7 Å². The molecule has 0 bridgehead atoms. The summed E-state index contributed by atoms with van der Waals surface area (Å²) in [4.78, 5) is 11.9. The standard InChI is InChI=1S/C15H19NO4/c1-15(2,3)20-14(19)11-6-4-5-10(9-11)13(18)12(17)7-8-16/h4-6,9,12-13,17-18H,7H2,1-3H3. The summed E-state index contributed by atoms with van der Waals surface area (Å²) in [5.41, 5.74) is 0.0585. The Morgan fingerprint density at radius 2 is 2.05 bits per heavy atom. The summed E-state index contributed by atoms with van der Waals surface area (Å²) in [7, 11) is 0. The summed E-state index contributed by atoms with van der Waals surface area (Å²) in [5.74, 6) is -0.499. The highest BCUT2D eigenvalue weighted by Crippen LogP contribution is 2.21. The fourth-order valence-electron chi connectivity index (χ4n) is 1.61. The van der Waals surface area contributed by atoms with Gasteiger partial charge in [-0.1, -0.05) is 12.1 Å². The number of nitrogens with zero attached hydrogens (tertiary/aromatic N) is 1. The van der Waals surface area contributed by atoms with E-state index >= 15 is 0 Å². The minimum atomic E-state index is -1.21. The van der Waals surface area contributed by atoms with Crippen molar-refractivity contribution in [3.8, 4) is 6.07 Å². The molecule has 0 aliphatic rings. The van der Waals surface area contributed by atoms with Gasteiger partial charge in [0.2, 0.25) is 0 Å². The number of carbonyl (C=O) groups is 1. The van der Waals surface area contributed by atoms with Crippen molar-refractivity contribution in [3.63, 3.8) is 0 Å². The quantitative estimate of drug-likeness (QED) is 0.821. The third kappa shape index (κ3) is 4.65. The molecule has 0 aromatic heterocycles. The van der Waals surface area contributed by atoms with Crippen LogP contribution < -0.4 is 0 Å². The van der Waals surface area contributed by atoms with Gasteiger partial charge in [-0.15, -0.1) is 0 Å². The lowest BCUT2D eigenvalue weighted by Gasteiger charge is -2.20. The molecule has 0 saturated carbocycles. The summed E-state index contributed by atoms with van der Waals surface area (Å²) in [6.07, 6.45) is -2.58. The Balaban J connectivity index is 2.91. The highest BCUT2D eigenvalue weighted by atomic mass is 16.6. The van der Waals surface area contributed by atoms with Crippen molar-refractivity contribution in [1.29, 1.82) is 5.26 Å². The van der Waals surface area contributed by atoms with E-state index in [-0.39, 0.29) is 6.42 Å². The van der Waals surface area contributed by atoms with Crippen LogP contribution in [0.5, 0.6) is 0 Å². The number of ether oxygens (including phenoxy) is 1. The van der Waals surface area contributed by atoms with Crippen molar-refractivity contribution in [2.45, 2.75) is 45.0 Å². The fraction of sp³-hybridized carbons (Fsp3) is 0.467. The van der Waals surface area contributed by atoms with Crippen molar-refractivity contribution in [1.82, 2.24) is 0 Å². The van der Waals surface area contributed by atoms with E-state index in [2.05, 4.69) is 0 Å². The maximum Gasteiger partial charge on any atom is 0.338 e. The Hall–Kier alpha value is -1.90. The van der Waals surface area contributed by atoms with Crippen LogP contribution in [0, 0.1) is 11.3 Å². The number of rotatable bonds is 4. The van der Waals surface area contributed by atoms with Crippen LogP contribution in [-0.4, -0.2) is 27.9 Å². The molecule has 0 saturated heterocycles. The van der Waals surface area contributed by atoms with E-state index in [0.717, 1.165) is 0 Å². The van der Waals surface area contributed by atoms with Crippen molar-refractivity contribution in [2.75, 3.05) is 0 Å². The van der Waals surface area contributed by atoms with Gasteiger partial charge >= 0.3 is 5.97 Å². The van der Waals surface area contributed by atoms with Gasteiger partial charge in [-0.05, 0) is 38.5 Å². The van der Waals surface area contributed by atoms with Gasteiger partial charge in [0, 0.05) is 0 Å². The Morgan fingerprint density at radius 1 is 1.40 bits per heavy atom. The van der Waals surface area contributed by atoms with Crippen molar-refractivity contribution >= 4 is 5.97 Å². The number of hydrogen-bond donors (Lipinski definition) is 2. The van der Waals surface area contributed by atoms with Crippen molar-refractivity contribution in [3.05, 3.63) is 35.4 Å². The first kappa shape index (κ1) is 16.2. The summed E-state index contributed by atoms with van der Waals surface area (Å²) in [5, 5.41) is 28.0. The average Bonchev–Trinajstić information content (AvgIpc) is 2.36. The fourth-order valence-corrected chi connectivity index (χ4v) is 1.61. The summed E-state index contributed by atoms with van der Waals surface area (Å²) < 4.78 is 5.23. The van der Waals surface area contributed by atoms with Gasteiger partial charge in [-0.2, -0.15) is 5.26 Å². The van der Waals surface area contributed by atoms with Gasteiger partial charge in [0.05, 0.1) is 24.2 Å². The Kier molecular flexibility index (Phi) is 5.26. The molecule has 1 aromatic carbocycles. The second-order valence-electron chi connectivity index (χ2n) is 5.50. The molecule has 0 fully saturated rings. The molecule has 0 spiro atoms. The number of benzene rings is 1. The normalized spacial score (nSPS) is 14.2. The number of nitriles is 1. The highest BCUT2D eigenvalue weighted by molar-refractivity contribution is 5.89. The van der Waals surface area contributed by atoms with Crippen LogP contribution in [0.4, 0.5) is 0 Å². The largest absolute Gasteiger partial charge is 0.456 e. The molecule has 0 aliphatic heterocycles. The second-order valence-corrected chi connectivity index (χ2v) is 5.50. The number of carbonyl (C=O) groups excluding carboxylic acids is 1. The molecule has 5 heteroatoms. The Labute approximate surface area is 118 Å². The molecular weight excluding hydrogens is 258 g/mol. The smallest absolute Gasteiger partial charge is 0.338 e. The zero-order chi connectivity index (χ0) is 15.3. The molecular formula is C15H19NO4. The van der Waals surface area contributed by atoms with Gasteiger partial charge in [0.15, 0.2) is 0 Å². The van der Waals surface area contributed by atoms with E-state index < -0.39 is 23.8 Å². The molecule has 0 amide bonds. The first-order valence-electron chi connectivity index (χ1n) is 6.31. The maximum absolute atomic E-state index is 11.9. The molecule has 2 atom stereocenters. The number of aliphatic hydroxyl groups excluding tert-OH is 2. The van der Waals surface area contributed by atoms with Gasteiger partial charge in [0.25, 0.3) is 0 Å². The lowest BCUT2D eigenvalue weighted by atomic mass is 10.0. The van der Waals surface area contributed by atoms with E-state index in [4.69, 9.17) is 10.00 Å². The third-order valence-electron chi connectivity index (χ3n) is 2.53. The molecule has 2 N–H and O–H groups in total. The van der Waals surface area contributed by atoms with Crippen LogP contribution in [0.1, 0.15) is 49.2 Å². The molecule has 5 nitrogen and oxygen atoms in total. The van der Waals surface area contributed by atoms with Crippen LogP contribution in [0.3, 0.4) is 0 Å². The molecule has 0 aliphatic carbocycles. The van der Waals surface area contributed by atoms with Crippen LogP contribution in [0.2, 0.25) is 0 Å². The molecule has 108 valence electrons. The first-order valence-corrected chi connectivity index (χ1v) is 6.31. The second kappa shape index (κ2) is 6.51. The SMILES string of the molecule is CC(C)(C)OC(=O)c1cccc(C(O)C(O)CC#N)c1. The van der Waals surface area contributed by atoms with Crippen molar-refractivity contribution in [2.24, 2.45) is 0 Å². The van der Waals surface area contributed by atoms with E-state index in [1.165, 1.54) is 6.07 Å². The predicted octanol–water partition coefficient (Wildman–Crippen LogP) is 1.95. The Bertz CT molecular complexity index is 513. The third-order valence-corrected chi connectivity index (χ3v) is 2.53. The topological polar surface area (TPSA) is 90.6 Å². The Morgan fingerprint density at radius 3 is 2.60 bits per heavy atom. The first-order chi connectivity index (χ1) is 9.24. The van der Waals surface area contributed by atoms with Gasteiger partial charge in [-0.3, -0.25) is 0 Å². The van der Waals surface area contributed by atoms with Crippen LogP contribution in [0.15, 0.2) is 24.3 Å². The molecule has 1 rings (SSSR count). The van der Waals surface area contributed by atoms with Crippen LogP contribution in [0.25, 0.3) is 0 Å². The molecule has 0 heterocycles. The summed E-state index contributed by atoms with van der Waals surface area (Å²) >= 11 is 0. The van der Waals surface area contributed by atoms with E-state index in [1.54, 1.807) is 45.0 Å². The summed E-state index contributed by atoms with van der Waals surface area (Å²) in [6.45, 7) is 5.29. The van der Waals surface area contributed by atoms with E-state index in [1.807, 2.05) is 0 Å². The summed E-state index contributed by atoms with van der Waals surface area (Å²) in [6, 6.07) is 7.99. The maximum atomic E-state index is 11.9. The minimum absolute atomic E-state index is 0.183. The lowest BCUT2D eigenvalue weighted by molar-refractivity contribution is 0.00663. The van der Waals surface area contributed by atoms with Gasteiger partial charge < -0.3 is 14.9 Å². The zero-order valence-electron chi connectivity index (χ0n) is 11.8. The van der Waals surface area contributed by atoms with Crippen LogP contribution in [-0.2, 0) is 4.74 Å². The number of esters is 1. The van der Waals surface area contributed by atoms with Crippen LogP contribution >= 0.6 is 0 Å². The predicted molar refractivity (Wildman–Crippen MR) is 72.8 cm³/mol. The van der Waals surface area contributed by atoms with E-state index in [0.29, 0.717) is 11.1 Å². The monoisotopic (exact) mass is 277 g/mol. The molecule has 0 radical (unpaired) electrons.